The minimum atomic E-state index is -0.0359. The van der Waals surface area contributed by atoms with Crippen LogP contribution in [0.1, 0.15) is 42.5 Å². The first kappa shape index (κ1) is 11.6. The van der Waals surface area contributed by atoms with Gasteiger partial charge in [0.1, 0.15) is 0 Å². The number of amides is 1. The molecule has 2 aliphatic rings. The molecule has 1 spiro atoms. The van der Waals surface area contributed by atoms with Gasteiger partial charge in [-0.3, -0.25) is 4.79 Å². The van der Waals surface area contributed by atoms with E-state index in [1.807, 2.05) is 0 Å². The summed E-state index contributed by atoms with van der Waals surface area (Å²) >= 11 is 0. The van der Waals surface area contributed by atoms with Gasteiger partial charge < -0.3 is 10.6 Å². The number of carbonyl (C=O) groups excluding carboxylic acids is 1. The van der Waals surface area contributed by atoms with Crippen LogP contribution in [0.25, 0.3) is 0 Å². The summed E-state index contributed by atoms with van der Waals surface area (Å²) in [6.45, 7) is 1.000. The standard InChI is InChI=1S/C13H18N4O/c18-12(10-2-7-15-16-9-10)17-11-3-6-14-13(8-11)4-1-5-13/h2,7,9,11,14H,1,3-6,8H2,(H,17,18). The molecule has 3 rings (SSSR count). The topological polar surface area (TPSA) is 66.9 Å². The summed E-state index contributed by atoms with van der Waals surface area (Å²) < 4.78 is 0. The quantitative estimate of drug-likeness (QED) is 0.813. The van der Waals surface area contributed by atoms with Crippen LogP contribution < -0.4 is 10.6 Å². The molecule has 2 N–H and O–H groups in total. The largest absolute Gasteiger partial charge is 0.349 e. The lowest BCUT2D eigenvalue weighted by molar-refractivity contribution is 0.0852. The fourth-order valence-corrected chi connectivity index (χ4v) is 2.96. The summed E-state index contributed by atoms with van der Waals surface area (Å²) in [5.74, 6) is -0.0359. The van der Waals surface area contributed by atoms with E-state index < -0.39 is 0 Å². The molecule has 96 valence electrons. The third kappa shape index (κ3) is 2.22. The Hall–Kier alpha value is -1.49. The highest BCUT2D eigenvalue weighted by Crippen LogP contribution is 2.38. The number of piperidine rings is 1. The van der Waals surface area contributed by atoms with Crippen LogP contribution in [0.2, 0.25) is 0 Å². The molecule has 1 saturated heterocycles. The SMILES string of the molecule is O=C(NC1CCNC2(CCC2)C1)c1ccnnc1. The number of hydrogen-bond acceptors (Lipinski definition) is 4. The van der Waals surface area contributed by atoms with Crippen LogP contribution in [0.15, 0.2) is 18.5 Å². The highest BCUT2D eigenvalue weighted by Gasteiger charge is 2.41. The Bertz CT molecular complexity index is 430. The molecule has 0 radical (unpaired) electrons. The van der Waals surface area contributed by atoms with Crippen LogP contribution in [0, 0.1) is 0 Å². The van der Waals surface area contributed by atoms with Crippen molar-refractivity contribution in [3.8, 4) is 0 Å². The van der Waals surface area contributed by atoms with E-state index in [4.69, 9.17) is 0 Å². The van der Waals surface area contributed by atoms with Crippen molar-refractivity contribution in [3.05, 3.63) is 24.0 Å². The second-order valence-corrected chi connectivity index (χ2v) is 5.35. The van der Waals surface area contributed by atoms with Gasteiger partial charge in [0, 0.05) is 11.6 Å². The smallest absolute Gasteiger partial charge is 0.253 e. The zero-order valence-electron chi connectivity index (χ0n) is 10.4. The average Bonchev–Trinajstić information content (AvgIpc) is 2.38. The van der Waals surface area contributed by atoms with E-state index in [-0.39, 0.29) is 11.9 Å². The van der Waals surface area contributed by atoms with Gasteiger partial charge in [-0.2, -0.15) is 10.2 Å². The summed E-state index contributed by atoms with van der Waals surface area (Å²) in [6, 6.07) is 1.98. The Labute approximate surface area is 106 Å². The predicted octanol–water partition coefficient (Wildman–Crippen LogP) is 0.881. The van der Waals surface area contributed by atoms with Crippen molar-refractivity contribution in [3.63, 3.8) is 0 Å². The van der Waals surface area contributed by atoms with Crippen LogP contribution in [0.4, 0.5) is 0 Å². The fourth-order valence-electron chi connectivity index (χ4n) is 2.96. The lowest BCUT2D eigenvalue weighted by atomic mass is 9.70. The Morgan fingerprint density at radius 2 is 2.33 bits per heavy atom. The van der Waals surface area contributed by atoms with Gasteiger partial charge in [-0.15, -0.1) is 0 Å². The molecule has 1 aromatic heterocycles. The predicted molar refractivity (Wildman–Crippen MR) is 67.1 cm³/mol. The number of carbonyl (C=O) groups is 1. The Balaban J connectivity index is 1.61. The van der Waals surface area contributed by atoms with Crippen LogP contribution in [0.5, 0.6) is 0 Å². The number of nitrogens with zero attached hydrogens (tertiary/aromatic N) is 2. The first-order chi connectivity index (χ1) is 8.77. The fraction of sp³-hybridized carbons (Fsp3) is 0.615. The van der Waals surface area contributed by atoms with Crippen molar-refractivity contribution >= 4 is 5.91 Å². The molecule has 1 saturated carbocycles. The maximum Gasteiger partial charge on any atom is 0.253 e. The molecule has 2 fully saturated rings. The van der Waals surface area contributed by atoms with E-state index >= 15 is 0 Å². The van der Waals surface area contributed by atoms with Crippen molar-refractivity contribution in [1.29, 1.82) is 0 Å². The molecule has 5 nitrogen and oxygen atoms in total. The third-order valence-electron chi connectivity index (χ3n) is 4.12. The van der Waals surface area contributed by atoms with Crippen molar-refractivity contribution in [2.24, 2.45) is 0 Å². The molecule has 1 aliphatic carbocycles. The molecule has 18 heavy (non-hydrogen) atoms. The van der Waals surface area contributed by atoms with Crippen LogP contribution in [-0.4, -0.2) is 34.2 Å². The van der Waals surface area contributed by atoms with Gasteiger partial charge in [0.25, 0.3) is 5.91 Å². The molecule has 1 amide bonds. The normalized spacial score (nSPS) is 25.4. The molecule has 1 aliphatic heterocycles. The molecule has 1 unspecified atom stereocenters. The monoisotopic (exact) mass is 246 g/mol. The van der Waals surface area contributed by atoms with Crippen molar-refractivity contribution in [1.82, 2.24) is 20.8 Å². The number of aromatic nitrogens is 2. The highest BCUT2D eigenvalue weighted by molar-refractivity contribution is 5.93. The Morgan fingerprint density at radius 1 is 1.44 bits per heavy atom. The lowest BCUT2D eigenvalue weighted by Gasteiger charge is -2.48. The Kier molecular flexibility index (Phi) is 2.99. The lowest BCUT2D eigenvalue weighted by Crippen LogP contribution is -2.59. The summed E-state index contributed by atoms with van der Waals surface area (Å²) in [5, 5.41) is 14.1. The molecule has 1 atom stereocenters. The van der Waals surface area contributed by atoms with Gasteiger partial charge in [-0.1, -0.05) is 0 Å². The van der Waals surface area contributed by atoms with E-state index in [2.05, 4.69) is 20.8 Å². The minimum Gasteiger partial charge on any atom is -0.349 e. The number of nitrogens with one attached hydrogen (secondary N) is 2. The van der Waals surface area contributed by atoms with E-state index in [1.165, 1.54) is 25.5 Å². The molecule has 0 bridgehead atoms. The molecular formula is C13H18N4O. The van der Waals surface area contributed by atoms with Crippen LogP contribution in [0.3, 0.4) is 0 Å². The summed E-state index contributed by atoms with van der Waals surface area (Å²) in [5.41, 5.74) is 0.901. The van der Waals surface area contributed by atoms with Crippen molar-refractivity contribution < 1.29 is 4.79 Å². The number of hydrogen-bond donors (Lipinski definition) is 2. The summed E-state index contributed by atoms with van der Waals surface area (Å²) in [7, 11) is 0. The average molecular weight is 246 g/mol. The first-order valence-electron chi connectivity index (χ1n) is 6.60. The van der Waals surface area contributed by atoms with Crippen LogP contribution >= 0.6 is 0 Å². The van der Waals surface area contributed by atoms with Gasteiger partial charge in [0.05, 0.1) is 18.0 Å². The first-order valence-corrected chi connectivity index (χ1v) is 6.60. The maximum absolute atomic E-state index is 12.0. The van der Waals surface area contributed by atoms with E-state index in [9.17, 15) is 4.79 Å². The summed E-state index contributed by atoms with van der Waals surface area (Å²) in [4.78, 5) is 12.0. The second kappa shape index (κ2) is 4.65. The highest BCUT2D eigenvalue weighted by atomic mass is 16.1. The minimum absolute atomic E-state index is 0.0359. The number of rotatable bonds is 2. The third-order valence-corrected chi connectivity index (χ3v) is 4.12. The molecule has 5 heteroatoms. The molecule has 1 aromatic rings. The van der Waals surface area contributed by atoms with Gasteiger partial charge in [0.2, 0.25) is 0 Å². The molecular weight excluding hydrogens is 228 g/mol. The zero-order chi connectivity index (χ0) is 12.4. The van der Waals surface area contributed by atoms with Gasteiger partial charge in [-0.25, -0.2) is 0 Å². The van der Waals surface area contributed by atoms with E-state index in [1.54, 1.807) is 12.3 Å². The van der Waals surface area contributed by atoms with Crippen LogP contribution in [-0.2, 0) is 0 Å². The molecule has 2 heterocycles. The van der Waals surface area contributed by atoms with Crippen molar-refractivity contribution in [2.75, 3.05) is 6.54 Å². The van der Waals surface area contributed by atoms with Gasteiger partial charge in [-0.05, 0) is 44.7 Å². The van der Waals surface area contributed by atoms with Crippen molar-refractivity contribution in [2.45, 2.75) is 43.7 Å². The van der Waals surface area contributed by atoms with E-state index in [0.717, 1.165) is 19.4 Å². The summed E-state index contributed by atoms with van der Waals surface area (Å²) in [6.07, 6.45) is 8.91. The molecule has 0 aromatic carbocycles. The van der Waals surface area contributed by atoms with Gasteiger partial charge in [0.15, 0.2) is 0 Å². The second-order valence-electron chi connectivity index (χ2n) is 5.35. The zero-order valence-corrected chi connectivity index (χ0v) is 10.4. The Morgan fingerprint density at radius 3 is 3.00 bits per heavy atom. The van der Waals surface area contributed by atoms with E-state index in [0.29, 0.717) is 11.1 Å². The van der Waals surface area contributed by atoms with Gasteiger partial charge >= 0.3 is 0 Å². The maximum atomic E-state index is 12.0.